The summed E-state index contributed by atoms with van der Waals surface area (Å²) in [6.45, 7) is 4.74. The molecule has 5 nitrogen and oxygen atoms in total. The number of hydrogen-bond donors (Lipinski definition) is 0. The highest BCUT2D eigenvalue weighted by atomic mass is 35.5. The molecule has 4 rings (SSSR count). The van der Waals surface area contributed by atoms with E-state index >= 15 is 0 Å². The number of aromatic nitrogens is 2. The average Bonchev–Trinajstić information content (AvgIpc) is 3.12. The number of benzene rings is 2. The SMILES string of the molecule is O=C(CCn1ncc2ccccc21)N1CCN(Cc2ccccc2Cl)CC1. The first-order chi connectivity index (χ1) is 13.2. The number of carbonyl (C=O) groups excluding carboxylic acids is 1. The summed E-state index contributed by atoms with van der Waals surface area (Å²) < 4.78 is 1.92. The first kappa shape index (κ1) is 18.0. The maximum Gasteiger partial charge on any atom is 0.224 e. The molecule has 1 aromatic heterocycles. The fourth-order valence-electron chi connectivity index (χ4n) is 3.59. The number of halogens is 1. The number of piperazine rings is 1. The third-order valence-electron chi connectivity index (χ3n) is 5.17. The van der Waals surface area contributed by atoms with Gasteiger partial charge in [-0.3, -0.25) is 14.4 Å². The maximum absolute atomic E-state index is 12.6. The molecule has 0 atom stereocenters. The molecule has 6 heteroatoms. The van der Waals surface area contributed by atoms with Gasteiger partial charge in [-0.25, -0.2) is 0 Å². The Morgan fingerprint density at radius 3 is 2.56 bits per heavy atom. The topological polar surface area (TPSA) is 41.4 Å². The van der Waals surface area contributed by atoms with Gasteiger partial charge in [0.05, 0.1) is 18.3 Å². The highest BCUT2D eigenvalue weighted by Crippen LogP contribution is 2.18. The molecule has 0 bridgehead atoms. The molecule has 0 aliphatic carbocycles. The minimum Gasteiger partial charge on any atom is -0.340 e. The largest absolute Gasteiger partial charge is 0.340 e. The average molecular weight is 383 g/mol. The fraction of sp³-hybridized carbons (Fsp3) is 0.333. The van der Waals surface area contributed by atoms with Crippen molar-refractivity contribution in [2.24, 2.45) is 0 Å². The maximum atomic E-state index is 12.6. The molecule has 1 aliphatic rings. The van der Waals surface area contributed by atoms with E-state index in [2.05, 4.69) is 16.1 Å². The van der Waals surface area contributed by atoms with Gasteiger partial charge in [0.1, 0.15) is 0 Å². The lowest BCUT2D eigenvalue weighted by atomic mass is 10.2. The molecule has 0 unspecified atom stereocenters. The van der Waals surface area contributed by atoms with Gasteiger partial charge < -0.3 is 4.90 Å². The standard InChI is InChI=1S/C21H23ClN4O/c22-19-7-3-1-6-18(19)16-24-11-13-25(14-12-24)21(27)9-10-26-20-8-4-2-5-17(20)15-23-26/h1-8,15H,9-14,16H2. The Hall–Kier alpha value is -2.37. The van der Waals surface area contributed by atoms with Crippen molar-refractivity contribution in [2.75, 3.05) is 26.2 Å². The Balaban J connectivity index is 1.28. The predicted octanol–water partition coefficient (Wildman–Crippen LogP) is 3.42. The molecule has 2 aromatic carbocycles. The van der Waals surface area contributed by atoms with Crippen LogP contribution in [0.15, 0.2) is 54.7 Å². The fourth-order valence-corrected chi connectivity index (χ4v) is 3.78. The van der Waals surface area contributed by atoms with Crippen molar-refractivity contribution in [3.8, 4) is 0 Å². The third kappa shape index (κ3) is 4.15. The van der Waals surface area contributed by atoms with Crippen LogP contribution in [0, 0.1) is 0 Å². The van der Waals surface area contributed by atoms with Gasteiger partial charge in [-0.15, -0.1) is 0 Å². The van der Waals surface area contributed by atoms with Crippen LogP contribution in [-0.4, -0.2) is 51.7 Å². The van der Waals surface area contributed by atoms with E-state index in [9.17, 15) is 4.79 Å². The zero-order chi connectivity index (χ0) is 18.6. The smallest absolute Gasteiger partial charge is 0.224 e. The minimum atomic E-state index is 0.201. The van der Waals surface area contributed by atoms with E-state index < -0.39 is 0 Å². The van der Waals surface area contributed by atoms with Crippen LogP contribution in [0.5, 0.6) is 0 Å². The quantitative estimate of drug-likeness (QED) is 0.679. The van der Waals surface area contributed by atoms with E-state index in [1.807, 2.05) is 58.2 Å². The molecule has 3 aromatic rings. The molecule has 0 radical (unpaired) electrons. The third-order valence-corrected chi connectivity index (χ3v) is 5.53. The number of nitrogens with zero attached hydrogens (tertiary/aromatic N) is 4. The molecule has 0 N–H and O–H groups in total. The lowest BCUT2D eigenvalue weighted by Crippen LogP contribution is -2.48. The molecule has 0 saturated carbocycles. The zero-order valence-electron chi connectivity index (χ0n) is 15.2. The van der Waals surface area contributed by atoms with Gasteiger partial charge in [0.15, 0.2) is 0 Å². The van der Waals surface area contributed by atoms with Crippen LogP contribution in [0.1, 0.15) is 12.0 Å². The molecule has 0 spiro atoms. The van der Waals surface area contributed by atoms with E-state index in [0.717, 1.165) is 54.2 Å². The summed E-state index contributed by atoms with van der Waals surface area (Å²) in [5.41, 5.74) is 2.22. The van der Waals surface area contributed by atoms with Gasteiger partial charge in [-0.2, -0.15) is 5.10 Å². The molecule has 1 amide bonds. The van der Waals surface area contributed by atoms with E-state index in [4.69, 9.17) is 11.6 Å². The molecular formula is C21H23ClN4O. The summed E-state index contributed by atoms with van der Waals surface area (Å²) in [6.07, 6.45) is 2.34. The van der Waals surface area contributed by atoms with Gasteiger partial charge in [0, 0.05) is 49.6 Å². The number of aryl methyl sites for hydroxylation is 1. The number of para-hydroxylation sites is 1. The Morgan fingerprint density at radius 1 is 1.00 bits per heavy atom. The van der Waals surface area contributed by atoms with E-state index in [1.54, 1.807) is 0 Å². The van der Waals surface area contributed by atoms with Crippen LogP contribution in [0.25, 0.3) is 10.9 Å². The van der Waals surface area contributed by atoms with Crippen molar-refractivity contribution in [3.05, 3.63) is 65.3 Å². The number of amides is 1. The normalized spacial score (nSPS) is 15.4. The second kappa shape index (κ2) is 8.11. The number of rotatable bonds is 5. The van der Waals surface area contributed by atoms with Crippen LogP contribution in [0.4, 0.5) is 0 Å². The van der Waals surface area contributed by atoms with Crippen molar-refractivity contribution in [1.82, 2.24) is 19.6 Å². The van der Waals surface area contributed by atoms with Gasteiger partial charge >= 0.3 is 0 Å². The van der Waals surface area contributed by atoms with E-state index in [1.165, 1.54) is 0 Å². The van der Waals surface area contributed by atoms with Crippen molar-refractivity contribution in [3.63, 3.8) is 0 Å². The molecule has 1 fully saturated rings. The first-order valence-electron chi connectivity index (χ1n) is 9.35. The highest BCUT2D eigenvalue weighted by molar-refractivity contribution is 6.31. The van der Waals surface area contributed by atoms with Crippen molar-refractivity contribution < 1.29 is 4.79 Å². The van der Waals surface area contributed by atoms with Crippen LogP contribution in [-0.2, 0) is 17.9 Å². The Labute approximate surface area is 164 Å². The first-order valence-corrected chi connectivity index (χ1v) is 9.72. The summed E-state index contributed by atoms with van der Waals surface area (Å²) in [4.78, 5) is 16.9. The molecule has 140 valence electrons. The zero-order valence-corrected chi connectivity index (χ0v) is 16.0. The second-order valence-electron chi connectivity index (χ2n) is 6.92. The monoisotopic (exact) mass is 382 g/mol. The van der Waals surface area contributed by atoms with Crippen LogP contribution >= 0.6 is 11.6 Å². The van der Waals surface area contributed by atoms with Crippen molar-refractivity contribution in [1.29, 1.82) is 0 Å². The molecule has 1 saturated heterocycles. The highest BCUT2D eigenvalue weighted by Gasteiger charge is 2.21. The minimum absolute atomic E-state index is 0.201. The number of carbonyl (C=O) groups is 1. The van der Waals surface area contributed by atoms with Gasteiger partial charge in [-0.05, 0) is 17.7 Å². The molecule has 1 aliphatic heterocycles. The summed E-state index contributed by atoms with van der Waals surface area (Å²) in [5.74, 6) is 0.201. The molecule has 27 heavy (non-hydrogen) atoms. The summed E-state index contributed by atoms with van der Waals surface area (Å²) in [7, 11) is 0. The molecule has 2 heterocycles. The Morgan fingerprint density at radius 2 is 1.74 bits per heavy atom. The van der Waals surface area contributed by atoms with Crippen molar-refractivity contribution >= 4 is 28.4 Å². The van der Waals surface area contributed by atoms with Crippen LogP contribution < -0.4 is 0 Å². The number of hydrogen-bond acceptors (Lipinski definition) is 3. The summed E-state index contributed by atoms with van der Waals surface area (Å²) in [5, 5.41) is 6.32. The second-order valence-corrected chi connectivity index (χ2v) is 7.33. The van der Waals surface area contributed by atoms with Crippen molar-refractivity contribution in [2.45, 2.75) is 19.5 Å². The Bertz CT molecular complexity index is 931. The summed E-state index contributed by atoms with van der Waals surface area (Å²) in [6, 6.07) is 16.0. The predicted molar refractivity (Wildman–Crippen MR) is 108 cm³/mol. The molecular weight excluding hydrogens is 360 g/mol. The van der Waals surface area contributed by atoms with Gasteiger partial charge in [0.25, 0.3) is 0 Å². The van der Waals surface area contributed by atoms with Crippen LogP contribution in [0.2, 0.25) is 5.02 Å². The van der Waals surface area contributed by atoms with Gasteiger partial charge in [-0.1, -0.05) is 48.0 Å². The number of fused-ring (bicyclic) bond motifs is 1. The Kier molecular flexibility index (Phi) is 5.41. The summed E-state index contributed by atoms with van der Waals surface area (Å²) >= 11 is 6.25. The lowest BCUT2D eigenvalue weighted by molar-refractivity contribution is -0.133. The van der Waals surface area contributed by atoms with E-state index in [0.29, 0.717) is 13.0 Å². The van der Waals surface area contributed by atoms with E-state index in [-0.39, 0.29) is 5.91 Å². The van der Waals surface area contributed by atoms with Gasteiger partial charge in [0.2, 0.25) is 5.91 Å². The van der Waals surface area contributed by atoms with Crippen LogP contribution in [0.3, 0.4) is 0 Å². The lowest BCUT2D eigenvalue weighted by Gasteiger charge is -2.35.